The van der Waals surface area contributed by atoms with Gasteiger partial charge >= 0.3 is 7.12 Å². The zero-order valence-corrected chi connectivity index (χ0v) is 21.6. The maximum absolute atomic E-state index is 6.30. The Balaban J connectivity index is 1.48. The summed E-state index contributed by atoms with van der Waals surface area (Å²) in [6.45, 7) is 8.35. The van der Waals surface area contributed by atoms with Gasteiger partial charge in [-0.05, 0) is 49.5 Å². The molecule has 1 aliphatic heterocycles. The van der Waals surface area contributed by atoms with Crippen molar-refractivity contribution in [2.45, 2.75) is 38.9 Å². The minimum atomic E-state index is -0.377. The highest BCUT2D eigenvalue weighted by atomic mass is 16.7. The number of pyridine rings is 1. The van der Waals surface area contributed by atoms with Gasteiger partial charge in [-0.25, -0.2) is 4.98 Å². The smallest absolute Gasteiger partial charge is 0.399 e. The van der Waals surface area contributed by atoms with Gasteiger partial charge in [0.2, 0.25) is 0 Å². The molecule has 180 valence electrons. The number of fused-ring (bicyclic) bond motifs is 6. The van der Waals surface area contributed by atoms with Crippen LogP contribution in [0, 0.1) is 0 Å². The van der Waals surface area contributed by atoms with E-state index in [2.05, 4.69) is 125 Å². The van der Waals surface area contributed by atoms with Crippen LogP contribution in [0.3, 0.4) is 0 Å². The van der Waals surface area contributed by atoms with Crippen molar-refractivity contribution < 1.29 is 9.31 Å². The van der Waals surface area contributed by atoms with Gasteiger partial charge < -0.3 is 9.31 Å². The van der Waals surface area contributed by atoms with Gasteiger partial charge in [0.25, 0.3) is 0 Å². The second-order valence-corrected chi connectivity index (χ2v) is 11.1. The van der Waals surface area contributed by atoms with Crippen molar-refractivity contribution in [1.29, 1.82) is 0 Å². The third kappa shape index (κ3) is 3.40. The molecule has 3 nitrogen and oxygen atoms in total. The van der Waals surface area contributed by atoms with Gasteiger partial charge in [-0.1, -0.05) is 97.1 Å². The Kier molecular flexibility index (Phi) is 4.79. The summed E-state index contributed by atoms with van der Waals surface area (Å²) < 4.78 is 12.6. The second-order valence-electron chi connectivity index (χ2n) is 11.1. The molecule has 1 saturated heterocycles. The summed E-state index contributed by atoms with van der Waals surface area (Å²) in [4.78, 5) is 5.29. The summed E-state index contributed by atoms with van der Waals surface area (Å²) in [5, 5.41) is 7.05. The van der Waals surface area contributed by atoms with Gasteiger partial charge in [-0.2, -0.15) is 0 Å². The molecule has 2 heterocycles. The van der Waals surface area contributed by atoms with Crippen molar-refractivity contribution in [3.05, 3.63) is 97.1 Å². The summed E-state index contributed by atoms with van der Waals surface area (Å²) in [6.07, 6.45) is 0. The Morgan fingerprint density at radius 1 is 0.541 bits per heavy atom. The number of aromatic nitrogens is 1. The molecule has 0 atom stereocenters. The molecule has 4 heteroatoms. The Bertz CT molecular complexity index is 1730. The molecular weight excluding hydrogens is 453 g/mol. The summed E-state index contributed by atoms with van der Waals surface area (Å²) in [7, 11) is -0.377. The minimum Gasteiger partial charge on any atom is -0.399 e. The molecule has 0 saturated carbocycles. The van der Waals surface area contributed by atoms with Crippen LogP contribution in [0.4, 0.5) is 0 Å². The molecule has 37 heavy (non-hydrogen) atoms. The van der Waals surface area contributed by atoms with Crippen LogP contribution in [-0.2, 0) is 9.31 Å². The summed E-state index contributed by atoms with van der Waals surface area (Å²) in [5.74, 6) is 0. The third-order valence-electron chi connectivity index (χ3n) is 8.29. The van der Waals surface area contributed by atoms with Gasteiger partial charge in [-0.3, -0.25) is 0 Å². The lowest BCUT2D eigenvalue weighted by Gasteiger charge is -2.32. The first-order valence-electron chi connectivity index (χ1n) is 12.9. The average molecular weight is 481 g/mol. The van der Waals surface area contributed by atoms with Gasteiger partial charge in [0.05, 0.1) is 22.2 Å². The fourth-order valence-corrected chi connectivity index (χ4v) is 5.51. The highest BCUT2D eigenvalue weighted by Crippen LogP contribution is 2.40. The Morgan fingerprint density at radius 2 is 1.03 bits per heavy atom. The summed E-state index contributed by atoms with van der Waals surface area (Å²) in [5.41, 5.74) is 4.73. The Hall–Kier alpha value is -3.73. The van der Waals surface area contributed by atoms with Gasteiger partial charge in [0.15, 0.2) is 0 Å². The van der Waals surface area contributed by atoms with Crippen LogP contribution >= 0.6 is 0 Å². The lowest BCUT2D eigenvalue weighted by Crippen LogP contribution is -2.41. The minimum absolute atomic E-state index is 0.365. The average Bonchev–Trinajstić information content (AvgIpc) is 3.13. The van der Waals surface area contributed by atoms with Crippen LogP contribution in [0.25, 0.3) is 54.5 Å². The van der Waals surface area contributed by atoms with Crippen LogP contribution in [0.1, 0.15) is 27.7 Å². The number of rotatable bonds is 2. The molecule has 7 rings (SSSR count). The predicted molar refractivity (Wildman–Crippen MR) is 155 cm³/mol. The molecule has 6 aromatic rings. The number of nitrogens with zero attached hydrogens (tertiary/aromatic N) is 1. The second kappa shape index (κ2) is 7.88. The van der Waals surface area contributed by atoms with E-state index in [1.807, 2.05) is 0 Å². The van der Waals surface area contributed by atoms with Crippen LogP contribution in [0.2, 0.25) is 0 Å². The molecule has 0 bridgehead atoms. The quantitative estimate of drug-likeness (QED) is 0.145. The molecule has 5 aromatic carbocycles. The van der Waals surface area contributed by atoms with Gasteiger partial charge in [-0.15, -0.1) is 0 Å². The first-order valence-corrected chi connectivity index (χ1v) is 12.9. The van der Waals surface area contributed by atoms with E-state index in [-0.39, 0.29) is 18.3 Å². The van der Waals surface area contributed by atoms with Crippen molar-refractivity contribution in [3.8, 4) is 11.1 Å². The maximum Gasteiger partial charge on any atom is 0.494 e. The van der Waals surface area contributed by atoms with E-state index < -0.39 is 0 Å². The van der Waals surface area contributed by atoms with Crippen molar-refractivity contribution in [2.75, 3.05) is 0 Å². The normalized spacial score (nSPS) is 16.8. The SMILES string of the molecule is CC1(C)OB(c2ccc(-c3c4ccc5ccccc5c4nc4c3ccc3ccccc34)cc2)OC1(C)C. The molecule has 0 aliphatic carbocycles. The maximum atomic E-state index is 6.30. The predicted octanol–water partition coefficient (Wildman–Crippen LogP) is 7.66. The molecule has 1 aliphatic rings. The standard InChI is InChI=1S/C33H28BNO2/c1-32(2)33(3,4)37-34(36-32)24-17-13-23(14-18-24)29-27-19-15-21-9-5-7-11-25(21)30(27)35-31-26-12-8-6-10-22(26)16-20-28(29)31/h5-20H,1-4H3. The van der Waals surface area contributed by atoms with E-state index in [1.54, 1.807) is 0 Å². The third-order valence-corrected chi connectivity index (χ3v) is 8.29. The van der Waals surface area contributed by atoms with Crippen molar-refractivity contribution in [2.24, 2.45) is 0 Å². The van der Waals surface area contributed by atoms with Crippen molar-refractivity contribution >= 4 is 55.9 Å². The summed E-state index contributed by atoms with van der Waals surface area (Å²) in [6, 6.07) is 34.5. The molecule has 1 aromatic heterocycles. The van der Waals surface area contributed by atoms with Crippen LogP contribution in [0.5, 0.6) is 0 Å². The fourth-order valence-electron chi connectivity index (χ4n) is 5.51. The van der Waals surface area contributed by atoms with E-state index in [1.165, 1.54) is 27.1 Å². The molecular formula is C33H28BNO2. The van der Waals surface area contributed by atoms with E-state index in [0.717, 1.165) is 32.8 Å². The van der Waals surface area contributed by atoms with Crippen molar-refractivity contribution in [3.63, 3.8) is 0 Å². The highest BCUT2D eigenvalue weighted by Gasteiger charge is 2.51. The molecule has 0 spiro atoms. The molecule has 0 radical (unpaired) electrons. The van der Waals surface area contributed by atoms with E-state index >= 15 is 0 Å². The van der Waals surface area contributed by atoms with Crippen LogP contribution in [-0.4, -0.2) is 23.3 Å². The Labute approximate surface area is 217 Å². The number of hydrogen-bond acceptors (Lipinski definition) is 3. The molecule has 0 amide bonds. The largest absolute Gasteiger partial charge is 0.494 e. The first kappa shape index (κ1) is 22.5. The number of hydrogen-bond donors (Lipinski definition) is 0. The zero-order chi connectivity index (χ0) is 25.4. The first-order chi connectivity index (χ1) is 17.8. The molecule has 0 unspecified atom stereocenters. The van der Waals surface area contributed by atoms with E-state index in [9.17, 15) is 0 Å². The van der Waals surface area contributed by atoms with Crippen LogP contribution < -0.4 is 5.46 Å². The van der Waals surface area contributed by atoms with Crippen LogP contribution in [0.15, 0.2) is 97.1 Å². The van der Waals surface area contributed by atoms with Gasteiger partial charge in [0.1, 0.15) is 0 Å². The lowest BCUT2D eigenvalue weighted by molar-refractivity contribution is 0.00578. The molecule has 1 fully saturated rings. The van der Waals surface area contributed by atoms with Gasteiger partial charge in [0, 0.05) is 27.1 Å². The number of benzene rings is 5. The molecule has 0 N–H and O–H groups in total. The van der Waals surface area contributed by atoms with E-state index in [0.29, 0.717) is 0 Å². The fraction of sp³-hybridized carbons (Fsp3) is 0.182. The lowest BCUT2D eigenvalue weighted by atomic mass is 9.78. The topological polar surface area (TPSA) is 31.4 Å². The summed E-state index contributed by atoms with van der Waals surface area (Å²) >= 11 is 0. The highest BCUT2D eigenvalue weighted by molar-refractivity contribution is 6.62. The zero-order valence-electron chi connectivity index (χ0n) is 21.6. The van der Waals surface area contributed by atoms with Crippen molar-refractivity contribution in [1.82, 2.24) is 4.98 Å². The Morgan fingerprint density at radius 3 is 1.54 bits per heavy atom. The monoisotopic (exact) mass is 481 g/mol. The van der Waals surface area contributed by atoms with E-state index in [4.69, 9.17) is 14.3 Å².